The van der Waals surface area contributed by atoms with E-state index in [0.29, 0.717) is 61.5 Å². The summed E-state index contributed by atoms with van der Waals surface area (Å²) < 4.78 is 16.5. The fraction of sp³-hybridized carbons (Fsp3) is 0.621. The number of cyclic esters (lactones) is 1. The molecular weight excluding hydrogens is 486 g/mol. The monoisotopic (exact) mass is 529 g/mol. The molecule has 1 N–H and O–H groups in total. The lowest BCUT2D eigenvalue weighted by Crippen LogP contribution is -2.35. The number of anilines is 1. The molecule has 0 unspecified atom stereocenters. The summed E-state index contributed by atoms with van der Waals surface area (Å²) in [7, 11) is 1.59. The summed E-state index contributed by atoms with van der Waals surface area (Å²) in [5.41, 5.74) is 4.12. The summed E-state index contributed by atoms with van der Waals surface area (Å²) >= 11 is 0. The molecule has 38 heavy (non-hydrogen) atoms. The second-order valence-corrected chi connectivity index (χ2v) is 9.92. The molecule has 1 aromatic rings. The van der Waals surface area contributed by atoms with Crippen molar-refractivity contribution in [1.82, 2.24) is 9.80 Å². The SMILES string of the molecule is CCN(CC)C(=O)Nc1c(C/C=C(\C)CCC(=O)OCCN2CCCCC2)c(OC)c(C)c2c1C(=O)OC2. The highest BCUT2D eigenvalue weighted by Crippen LogP contribution is 2.41. The van der Waals surface area contributed by atoms with Gasteiger partial charge in [0.05, 0.1) is 18.4 Å². The molecule has 1 fully saturated rings. The predicted molar refractivity (Wildman–Crippen MR) is 147 cm³/mol. The van der Waals surface area contributed by atoms with Crippen LogP contribution in [0.25, 0.3) is 0 Å². The number of benzene rings is 1. The molecular formula is C29H43N3O6. The van der Waals surface area contributed by atoms with Crippen molar-refractivity contribution in [3.63, 3.8) is 0 Å². The number of ether oxygens (including phenoxy) is 3. The van der Waals surface area contributed by atoms with Crippen LogP contribution in [0.1, 0.15) is 79.9 Å². The van der Waals surface area contributed by atoms with Crippen molar-refractivity contribution in [1.29, 1.82) is 0 Å². The van der Waals surface area contributed by atoms with Crippen molar-refractivity contribution in [2.45, 2.75) is 72.8 Å². The average molecular weight is 530 g/mol. The summed E-state index contributed by atoms with van der Waals surface area (Å²) in [6.07, 6.45) is 7.03. The number of fused-ring (bicyclic) bond motifs is 1. The Hall–Kier alpha value is -3.07. The Kier molecular flexibility index (Phi) is 11.0. The second-order valence-electron chi connectivity index (χ2n) is 9.92. The molecule has 0 spiro atoms. The van der Waals surface area contributed by atoms with Gasteiger partial charge in [-0.05, 0) is 72.0 Å². The number of allylic oxidation sites excluding steroid dienone is 2. The number of carbonyl (C=O) groups excluding carboxylic acids is 3. The zero-order chi connectivity index (χ0) is 27.7. The van der Waals surface area contributed by atoms with E-state index in [1.807, 2.05) is 33.8 Å². The third kappa shape index (κ3) is 7.28. The summed E-state index contributed by atoms with van der Waals surface area (Å²) in [5, 5.41) is 2.97. The minimum atomic E-state index is -0.449. The van der Waals surface area contributed by atoms with E-state index in [1.54, 1.807) is 12.0 Å². The highest BCUT2D eigenvalue weighted by molar-refractivity contribution is 6.05. The van der Waals surface area contributed by atoms with Crippen LogP contribution in [-0.2, 0) is 27.3 Å². The highest BCUT2D eigenvalue weighted by Gasteiger charge is 2.33. The van der Waals surface area contributed by atoms with E-state index in [1.165, 1.54) is 19.3 Å². The van der Waals surface area contributed by atoms with Gasteiger partial charge in [-0.3, -0.25) is 9.69 Å². The van der Waals surface area contributed by atoms with Crippen LogP contribution in [0.5, 0.6) is 5.75 Å². The Labute approximate surface area is 226 Å². The van der Waals surface area contributed by atoms with Crippen molar-refractivity contribution in [3.8, 4) is 5.75 Å². The minimum Gasteiger partial charge on any atom is -0.496 e. The number of esters is 2. The maximum absolute atomic E-state index is 13.0. The first-order valence-electron chi connectivity index (χ1n) is 13.8. The quantitative estimate of drug-likeness (QED) is 0.305. The van der Waals surface area contributed by atoms with Gasteiger partial charge in [0.25, 0.3) is 0 Å². The van der Waals surface area contributed by atoms with Crippen LogP contribution in [0.15, 0.2) is 11.6 Å². The molecule has 9 heteroatoms. The number of nitrogens with zero attached hydrogens (tertiary/aromatic N) is 2. The van der Waals surface area contributed by atoms with E-state index in [0.717, 1.165) is 36.3 Å². The van der Waals surface area contributed by atoms with Crippen LogP contribution in [0.3, 0.4) is 0 Å². The molecule has 2 aliphatic heterocycles. The van der Waals surface area contributed by atoms with E-state index >= 15 is 0 Å². The Balaban J connectivity index is 1.71. The number of nitrogens with one attached hydrogen (secondary N) is 1. The van der Waals surface area contributed by atoms with Gasteiger partial charge in [-0.2, -0.15) is 0 Å². The number of likely N-dealkylation sites (tertiary alicyclic amines) is 1. The van der Waals surface area contributed by atoms with Gasteiger partial charge < -0.3 is 24.4 Å². The van der Waals surface area contributed by atoms with Crippen molar-refractivity contribution in [2.75, 3.05) is 51.8 Å². The standard InChI is InChI=1S/C29H43N3O6/c1-6-32(7-2)29(35)30-26-22(27(36-5)21(4)23-19-38-28(34)25(23)26)13-11-20(3)12-14-24(33)37-18-17-31-15-9-8-10-16-31/h11H,6-10,12-19H2,1-5H3,(H,30,35)/b20-11+. The summed E-state index contributed by atoms with van der Waals surface area (Å²) in [5.74, 6) is -0.0245. The molecule has 0 bridgehead atoms. The van der Waals surface area contributed by atoms with E-state index in [-0.39, 0.29) is 18.6 Å². The molecule has 0 radical (unpaired) electrons. The molecule has 0 saturated carbocycles. The predicted octanol–water partition coefficient (Wildman–Crippen LogP) is 4.85. The van der Waals surface area contributed by atoms with Gasteiger partial charge in [0.1, 0.15) is 19.0 Å². The summed E-state index contributed by atoms with van der Waals surface area (Å²) in [6.45, 7) is 12.3. The smallest absolute Gasteiger partial charge is 0.341 e. The average Bonchev–Trinajstić information content (AvgIpc) is 3.31. The molecule has 3 rings (SSSR count). The van der Waals surface area contributed by atoms with Gasteiger partial charge in [-0.25, -0.2) is 9.59 Å². The number of hydrogen-bond donors (Lipinski definition) is 1. The normalized spacial score (nSPS) is 15.6. The van der Waals surface area contributed by atoms with Crippen molar-refractivity contribution in [2.24, 2.45) is 0 Å². The number of carbonyl (C=O) groups is 3. The number of piperidine rings is 1. The van der Waals surface area contributed by atoms with Crippen molar-refractivity contribution >= 4 is 23.7 Å². The lowest BCUT2D eigenvalue weighted by atomic mass is 9.93. The van der Waals surface area contributed by atoms with Crippen LogP contribution >= 0.6 is 0 Å². The fourth-order valence-electron chi connectivity index (χ4n) is 5.11. The molecule has 9 nitrogen and oxygen atoms in total. The van der Waals surface area contributed by atoms with E-state index in [2.05, 4.69) is 10.2 Å². The third-order valence-corrected chi connectivity index (χ3v) is 7.46. The number of hydrogen-bond acceptors (Lipinski definition) is 7. The minimum absolute atomic E-state index is 0.152. The van der Waals surface area contributed by atoms with Crippen LogP contribution < -0.4 is 10.1 Å². The lowest BCUT2D eigenvalue weighted by Gasteiger charge is -2.25. The Morgan fingerprint density at radius 1 is 1.13 bits per heavy atom. The van der Waals surface area contributed by atoms with E-state index in [9.17, 15) is 14.4 Å². The fourth-order valence-corrected chi connectivity index (χ4v) is 5.11. The maximum atomic E-state index is 13.0. The van der Waals surface area contributed by atoms with Crippen molar-refractivity contribution in [3.05, 3.63) is 33.9 Å². The largest absolute Gasteiger partial charge is 0.496 e. The molecule has 1 aromatic carbocycles. The maximum Gasteiger partial charge on any atom is 0.341 e. The van der Waals surface area contributed by atoms with Gasteiger partial charge in [-0.1, -0.05) is 18.1 Å². The highest BCUT2D eigenvalue weighted by atomic mass is 16.5. The first-order chi connectivity index (χ1) is 18.3. The summed E-state index contributed by atoms with van der Waals surface area (Å²) in [6, 6.07) is -0.281. The number of urea groups is 1. The number of rotatable bonds is 12. The zero-order valence-electron chi connectivity index (χ0n) is 23.6. The first kappa shape index (κ1) is 29.5. The molecule has 1 saturated heterocycles. The third-order valence-electron chi connectivity index (χ3n) is 7.46. The first-order valence-corrected chi connectivity index (χ1v) is 13.8. The number of amides is 2. The van der Waals surface area contributed by atoms with Gasteiger partial charge in [0, 0.05) is 37.2 Å². The molecule has 0 aliphatic carbocycles. The molecule has 2 amide bonds. The van der Waals surface area contributed by atoms with Gasteiger partial charge in [0.2, 0.25) is 0 Å². The van der Waals surface area contributed by atoms with Gasteiger partial charge in [-0.15, -0.1) is 0 Å². The van der Waals surface area contributed by atoms with Crippen LogP contribution in [0, 0.1) is 6.92 Å². The summed E-state index contributed by atoms with van der Waals surface area (Å²) in [4.78, 5) is 41.9. The Morgan fingerprint density at radius 2 is 1.84 bits per heavy atom. The second kappa shape index (κ2) is 14.2. The van der Waals surface area contributed by atoms with Crippen LogP contribution in [-0.4, -0.2) is 74.2 Å². The Morgan fingerprint density at radius 3 is 2.50 bits per heavy atom. The molecule has 210 valence electrons. The van der Waals surface area contributed by atoms with Gasteiger partial charge in [0.15, 0.2) is 0 Å². The van der Waals surface area contributed by atoms with Crippen LogP contribution in [0.4, 0.5) is 10.5 Å². The molecule has 2 aliphatic rings. The molecule has 0 atom stereocenters. The Bertz CT molecular complexity index is 1040. The zero-order valence-corrected chi connectivity index (χ0v) is 23.6. The topological polar surface area (TPSA) is 97.4 Å². The van der Waals surface area contributed by atoms with Crippen molar-refractivity contribution < 1.29 is 28.6 Å². The van der Waals surface area contributed by atoms with E-state index in [4.69, 9.17) is 14.2 Å². The number of methoxy groups -OCH3 is 1. The lowest BCUT2D eigenvalue weighted by molar-refractivity contribution is -0.144. The van der Waals surface area contributed by atoms with E-state index < -0.39 is 5.97 Å². The molecule has 2 heterocycles. The molecule has 0 aromatic heterocycles. The van der Waals surface area contributed by atoms with Crippen LogP contribution in [0.2, 0.25) is 0 Å². The van der Waals surface area contributed by atoms with Gasteiger partial charge >= 0.3 is 18.0 Å².